The lowest BCUT2D eigenvalue weighted by Gasteiger charge is -2.22. The zero-order valence-electron chi connectivity index (χ0n) is 20.1. The fourth-order valence-corrected chi connectivity index (χ4v) is 4.64. The lowest BCUT2D eigenvalue weighted by molar-refractivity contribution is 0.604. The van der Waals surface area contributed by atoms with Crippen molar-refractivity contribution in [3.63, 3.8) is 0 Å². The molecule has 1 aromatic rings. The Labute approximate surface area is 192 Å². The molecule has 0 unspecified atom stereocenters. The van der Waals surface area contributed by atoms with E-state index in [9.17, 15) is 0 Å². The fourth-order valence-electron chi connectivity index (χ4n) is 4.64. The summed E-state index contributed by atoms with van der Waals surface area (Å²) in [5.74, 6) is 0.938. The quantitative estimate of drug-likeness (QED) is 0.331. The summed E-state index contributed by atoms with van der Waals surface area (Å²) in [5, 5.41) is 2.37. The van der Waals surface area contributed by atoms with Crippen LogP contribution in [0.5, 0.6) is 0 Å². The number of fused-ring (bicyclic) bond motifs is 2. The second-order valence-electron chi connectivity index (χ2n) is 8.42. The van der Waals surface area contributed by atoms with E-state index in [1.807, 2.05) is 0 Å². The van der Waals surface area contributed by atoms with Gasteiger partial charge in [0, 0.05) is 47.4 Å². The Morgan fingerprint density at radius 2 is 1.72 bits per heavy atom. The smallest absolute Gasteiger partial charge is 0.203 e. The van der Waals surface area contributed by atoms with Gasteiger partial charge in [-0.25, -0.2) is 4.58 Å². The van der Waals surface area contributed by atoms with Crippen LogP contribution in [0, 0.1) is 0 Å². The van der Waals surface area contributed by atoms with E-state index >= 15 is 0 Å². The highest BCUT2D eigenvalue weighted by Gasteiger charge is 2.20. The molecule has 3 aliphatic rings. The van der Waals surface area contributed by atoms with Crippen LogP contribution in [0.1, 0.15) is 46.6 Å². The molecule has 32 heavy (non-hydrogen) atoms. The lowest BCUT2D eigenvalue weighted by Crippen LogP contribution is -2.29. The van der Waals surface area contributed by atoms with Crippen molar-refractivity contribution in [3.05, 3.63) is 77.2 Å². The van der Waals surface area contributed by atoms with Gasteiger partial charge in [-0.05, 0) is 64.8 Å². The topological polar surface area (TPSA) is 19.4 Å². The van der Waals surface area contributed by atoms with Crippen LogP contribution in [0.2, 0.25) is 0 Å². The molecule has 1 aliphatic heterocycles. The summed E-state index contributed by atoms with van der Waals surface area (Å²) < 4.78 is 8.93. The van der Waals surface area contributed by atoms with Crippen molar-refractivity contribution in [3.8, 4) is 11.3 Å². The molecule has 0 radical (unpaired) electrons. The molecule has 0 atom stereocenters. The highest BCUT2D eigenvalue weighted by molar-refractivity contribution is 6.01. The van der Waals surface area contributed by atoms with Crippen molar-refractivity contribution in [1.29, 1.82) is 0 Å². The van der Waals surface area contributed by atoms with Crippen molar-refractivity contribution < 1.29 is 4.42 Å². The van der Waals surface area contributed by atoms with Crippen LogP contribution in [0.25, 0.3) is 27.9 Å². The summed E-state index contributed by atoms with van der Waals surface area (Å²) in [6, 6.07) is 13.3. The summed E-state index contributed by atoms with van der Waals surface area (Å²) >= 11 is 0. The van der Waals surface area contributed by atoms with Crippen LogP contribution in [-0.2, 0) is 0 Å². The van der Waals surface area contributed by atoms with Gasteiger partial charge in [0.15, 0.2) is 0 Å². The first-order chi connectivity index (χ1) is 15.6. The molecule has 3 heteroatoms. The van der Waals surface area contributed by atoms with Crippen LogP contribution in [0.4, 0.5) is 5.69 Å². The number of allylic oxidation sites excluding steroid dienone is 6. The van der Waals surface area contributed by atoms with Crippen molar-refractivity contribution in [1.82, 2.24) is 4.58 Å². The second kappa shape index (κ2) is 9.60. The minimum atomic E-state index is 0.938. The molecule has 2 aliphatic carbocycles. The molecule has 0 amide bonds. The predicted molar refractivity (Wildman–Crippen MR) is 138 cm³/mol. The van der Waals surface area contributed by atoms with Gasteiger partial charge in [-0.15, -0.1) is 0 Å². The first-order valence-corrected chi connectivity index (χ1v) is 12.0. The Morgan fingerprint density at radius 1 is 0.938 bits per heavy atom. The lowest BCUT2D eigenvalue weighted by atomic mass is 9.93. The van der Waals surface area contributed by atoms with Crippen molar-refractivity contribution >= 4 is 22.2 Å². The van der Waals surface area contributed by atoms with Crippen molar-refractivity contribution in [2.45, 2.75) is 41.0 Å². The average molecular weight is 428 g/mol. The fraction of sp³-hybridized carbons (Fsp3) is 0.345. The molecule has 0 saturated carbocycles. The third kappa shape index (κ3) is 4.17. The normalized spacial score (nSPS) is 13.8. The third-order valence-electron chi connectivity index (χ3n) is 6.52. The highest BCUT2D eigenvalue weighted by atomic mass is 16.3. The van der Waals surface area contributed by atoms with E-state index in [-0.39, 0.29) is 0 Å². The molecule has 0 saturated heterocycles. The van der Waals surface area contributed by atoms with Gasteiger partial charge in [-0.2, -0.15) is 0 Å². The van der Waals surface area contributed by atoms with Gasteiger partial charge in [0.1, 0.15) is 24.4 Å². The first-order valence-electron chi connectivity index (χ1n) is 12.0. The van der Waals surface area contributed by atoms with E-state index in [1.165, 1.54) is 27.8 Å². The summed E-state index contributed by atoms with van der Waals surface area (Å²) in [7, 11) is 0. The second-order valence-corrected chi connectivity index (χ2v) is 8.42. The van der Waals surface area contributed by atoms with Crippen LogP contribution >= 0.6 is 0 Å². The molecule has 4 rings (SSSR count). The number of hydrogen-bond acceptors (Lipinski definition) is 2. The Morgan fingerprint density at radius 3 is 2.44 bits per heavy atom. The van der Waals surface area contributed by atoms with Crippen LogP contribution in [0.3, 0.4) is 0 Å². The first kappa shape index (κ1) is 22.1. The summed E-state index contributed by atoms with van der Waals surface area (Å²) in [5.41, 5.74) is 7.16. The van der Waals surface area contributed by atoms with Crippen LogP contribution < -0.4 is 14.8 Å². The predicted octanol–water partition coefficient (Wildman–Crippen LogP) is 6.49. The van der Waals surface area contributed by atoms with Gasteiger partial charge in [-0.1, -0.05) is 29.9 Å². The number of rotatable bonds is 6. The Hall–Kier alpha value is -3.07. The van der Waals surface area contributed by atoms with Gasteiger partial charge in [0.2, 0.25) is 5.36 Å². The number of nitrogens with zero attached hydrogens (tertiary/aromatic N) is 2. The van der Waals surface area contributed by atoms with Crippen molar-refractivity contribution in [2.24, 2.45) is 0 Å². The maximum absolute atomic E-state index is 6.57. The van der Waals surface area contributed by atoms with Gasteiger partial charge in [-0.3, -0.25) is 0 Å². The van der Waals surface area contributed by atoms with Gasteiger partial charge >= 0.3 is 0 Å². The average Bonchev–Trinajstić information content (AvgIpc) is 3.03. The molecule has 166 valence electrons. The molecule has 1 heterocycles. The zero-order valence-corrected chi connectivity index (χ0v) is 20.1. The van der Waals surface area contributed by atoms with Crippen LogP contribution in [-0.4, -0.2) is 26.2 Å². The minimum absolute atomic E-state index is 0.938. The maximum Gasteiger partial charge on any atom is 0.203 e. The SMILES string of the molecule is CCN(CC)c1ccc2c(C3=CC=C(C)CC=C3)c3ccc(=[N+](CC)CC)cc-3oc2c1. The van der Waals surface area contributed by atoms with Crippen molar-refractivity contribution in [2.75, 3.05) is 31.1 Å². The molecular formula is C29H35N2O+. The zero-order chi connectivity index (χ0) is 22.7. The summed E-state index contributed by atoms with van der Waals surface area (Å²) in [6.45, 7) is 14.9. The molecule has 3 nitrogen and oxygen atoms in total. The molecule has 0 spiro atoms. The van der Waals surface area contributed by atoms with E-state index in [0.717, 1.165) is 54.9 Å². The molecule has 0 N–H and O–H groups in total. The Kier molecular flexibility index (Phi) is 6.64. The standard InChI is InChI=1S/C29H35N2O/c1-6-30(7-2)23-15-17-25-27(19-23)32-28-20-24(31(8-3)9-4)16-18-26(28)29(25)22-12-10-11-21(5)13-14-22/h10,12-20H,6-9,11H2,1-5H3/q+1. The monoisotopic (exact) mass is 427 g/mol. The number of anilines is 1. The molecule has 0 bridgehead atoms. The largest absolute Gasteiger partial charge is 0.456 e. The van der Waals surface area contributed by atoms with Gasteiger partial charge < -0.3 is 9.32 Å². The highest BCUT2D eigenvalue weighted by Crippen LogP contribution is 2.39. The molecule has 1 aromatic carbocycles. The minimum Gasteiger partial charge on any atom is -0.456 e. The van der Waals surface area contributed by atoms with Crippen LogP contribution in [0.15, 0.2) is 70.7 Å². The Bertz CT molecular complexity index is 1250. The maximum atomic E-state index is 6.57. The van der Waals surface area contributed by atoms with E-state index < -0.39 is 0 Å². The Balaban J connectivity index is 2.07. The van der Waals surface area contributed by atoms with E-state index in [2.05, 4.69) is 105 Å². The summed E-state index contributed by atoms with van der Waals surface area (Å²) in [4.78, 5) is 2.36. The summed E-state index contributed by atoms with van der Waals surface area (Å²) in [6.07, 6.45) is 10.0. The van der Waals surface area contributed by atoms with E-state index in [1.54, 1.807) is 0 Å². The molecular weight excluding hydrogens is 392 g/mol. The number of hydrogen-bond donors (Lipinski definition) is 0. The number of benzene rings is 2. The van der Waals surface area contributed by atoms with Gasteiger partial charge in [0.05, 0.1) is 6.07 Å². The van der Waals surface area contributed by atoms with E-state index in [4.69, 9.17) is 4.42 Å². The van der Waals surface area contributed by atoms with Gasteiger partial charge in [0.25, 0.3) is 0 Å². The molecule has 0 aromatic heterocycles. The third-order valence-corrected chi connectivity index (χ3v) is 6.52. The molecule has 0 fully saturated rings. The van der Waals surface area contributed by atoms with E-state index in [0.29, 0.717) is 0 Å².